The van der Waals surface area contributed by atoms with E-state index in [1.165, 1.54) is 0 Å². The molecule has 0 fully saturated rings. The molecule has 0 bridgehead atoms. The van der Waals surface area contributed by atoms with Gasteiger partial charge >= 0.3 is 0 Å². The Hall–Kier alpha value is -2.69. The molecule has 0 saturated heterocycles. The maximum absolute atomic E-state index is 5.70. The molecule has 3 rings (SSSR count). The summed E-state index contributed by atoms with van der Waals surface area (Å²) in [7, 11) is 0. The molecule has 0 amide bonds. The minimum absolute atomic E-state index is 0.494. The minimum atomic E-state index is 0.494. The Bertz CT molecular complexity index is 693. The molecule has 5 heteroatoms. The predicted octanol–water partition coefficient (Wildman–Crippen LogP) is 3.27. The first-order valence-corrected chi connectivity index (χ1v) is 6.79. The summed E-state index contributed by atoms with van der Waals surface area (Å²) in [5, 5.41) is 7.97. The number of ether oxygens (including phenoxy) is 1. The highest BCUT2D eigenvalue weighted by atomic mass is 16.5. The van der Waals surface area contributed by atoms with Crippen LogP contribution < -0.4 is 4.74 Å². The fourth-order valence-electron chi connectivity index (χ4n) is 1.86. The van der Waals surface area contributed by atoms with Crippen molar-refractivity contribution in [1.29, 1.82) is 0 Å². The fourth-order valence-corrected chi connectivity index (χ4v) is 1.86. The monoisotopic (exact) mass is 281 g/mol. The first-order chi connectivity index (χ1) is 10.3. The van der Waals surface area contributed by atoms with E-state index in [1.807, 2.05) is 43.3 Å². The van der Waals surface area contributed by atoms with Crippen molar-refractivity contribution in [3.8, 4) is 17.2 Å². The Morgan fingerprint density at radius 2 is 1.95 bits per heavy atom. The summed E-state index contributed by atoms with van der Waals surface area (Å²) < 4.78 is 11.2. The molecule has 0 aliphatic rings. The number of aryl methyl sites for hydroxylation is 1. The van der Waals surface area contributed by atoms with Gasteiger partial charge in [0.25, 0.3) is 0 Å². The van der Waals surface area contributed by atoms with E-state index in [1.54, 1.807) is 12.4 Å². The maximum Gasteiger partial charge on any atom is 0.247 e. The Labute approximate surface area is 122 Å². The van der Waals surface area contributed by atoms with E-state index in [-0.39, 0.29) is 0 Å². The number of hydrogen-bond acceptors (Lipinski definition) is 5. The molecule has 0 aliphatic carbocycles. The van der Waals surface area contributed by atoms with Gasteiger partial charge in [0.1, 0.15) is 12.4 Å². The van der Waals surface area contributed by atoms with Crippen molar-refractivity contribution in [2.24, 2.45) is 0 Å². The molecule has 106 valence electrons. The van der Waals surface area contributed by atoms with Crippen LogP contribution in [0.3, 0.4) is 0 Å². The zero-order valence-electron chi connectivity index (χ0n) is 11.7. The van der Waals surface area contributed by atoms with Crippen molar-refractivity contribution in [1.82, 2.24) is 15.2 Å². The molecule has 1 aromatic carbocycles. The highest BCUT2D eigenvalue weighted by molar-refractivity contribution is 5.53. The zero-order valence-corrected chi connectivity index (χ0v) is 11.7. The molecule has 0 atom stereocenters. The molecular weight excluding hydrogens is 266 g/mol. The molecule has 2 aromatic heterocycles. The Balaban J connectivity index is 1.66. The van der Waals surface area contributed by atoms with Crippen molar-refractivity contribution in [3.63, 3.8) is 0 Å². The lowest BCUT2D eigenvalue weighted by Gasteiger charge is -2.06. The molecule has 0 saturated carbocycles. The molecule has 0 spiro atoms. The fraction of sp³-hybridized carbons (Fsp3) is 0.188. The molecule has 2 heterocycles. The lowest BCUT2D eigenvalue weighted by molar-refractivity contribution is 0.306. The van der Waals surface area contributed by atoms with Crippen molar-refractivity contribution in [3.05, 3.63) is 60.2 Å². The van der Waals surface area contributed by atoms with Gasteiger partial charge in [-0.15, -0.1) is 10.2 Å². The Morgan fingerprint density at radius 3 is 2.62 bits per heavy atom. The van der Waals surface area contributed by atoms with Crippen LogP contribution >= 0.6 is 0 Å². The Kier molecular flexibility index (Phi) is 3.91. The number of benzene rings is 1. The van der Waals surface area contributed by atoms with Crippen LogP contribution in [0.15, 0.2) is 53.2 Å². The van der Waals surface area contributed by atoms with Crippen LogP contribution in [0, 0.1) is 0 Å². The number of nitrogens with zero attached hydrogens (tertiary/aromatic N) is 3. The lowest BCUT2D eigenvalue weighted by Crippen LogP contribution is -1.95. The average Bonchev–Trinajstić information content (AvgIpc) is 3.03. The first kappa shape index (κ1) is 13.3. The maximum atomic E-state index is 5.70. The van der Waals surface area contributed by atoms with Gasteiger partial charge in [0.05, 0.1) is 0 Å². The van der Waals surface area contributed by atoms with Gasteiger partial charge in [0.15, 0.2) is 0 Å². The van der Waals surface area contributed by atoms with Gasteiger partial charge in [0, 0.05) is 29.9 Å². The van der Waals surface area contributed by atoms with Crippen LogP contribution in [0.2, 0.25) is 0 Å². The van der Waals surface area contributed by atoms with E-state index in [0.717, 1.165) is 23.3 Å². The van der Waals surface area contributed by atoms with Gasteiger partial charge in [-0.25, -0.2) is 0 Å². The van der Waals surface area contributed by atoms with E-state index in [4.69, 9.17) is 9.15 Å². The van der Waals surface area contributed by atoms with E-state index in [9.17, 15) is 0 Å². The van der Waals surface area contributed by atoms with Gasteiger partial charge < -0.3 is 9.15 Å². The molecular formula is C16H15N3O2. The third-order valence-electron chi connectivity index (χ3n) is 3.00. The van der Waals surface area contributed by atoms with Gasteiger partial charge in [-0.05, 0) is 30.3 Å². The molecule has 5 nitrogen and oxygen atoms in total. The largest absolute Gasteiger partial charge is 0.489 e. The van der Waals surface area contributed by atoms with Gasteiger partial charge in [0.2, 0.25) is 11.8 Å². The number of aromatic nitrogens is 3. The standard InChI is InChI=1S/C16H15N3O2/c1-2-15-18-19-16(21-15)13-5-7-14(8-6-13)20-11-12-4-3-9-17-10-12/h3-10H,2,11H2,1H3. The van der Waals surface area contributed by atoms with Crippen molar-refractivity contribution in [2.75, 3.05) is 0 Å². The summed E-state index contributed by atoms with van der Waals surface area (Å²) >= 11 is 0. The second-order valence-corrected chi connectivity index (χ2v) is 4.53. The van der Waals surface area contributed by atoms with Crippen molar-refractivity contribution >= 4 is 0 Å². The van der Waals surface area contributed by atoms with Gasteiger partial charge in [-0.1, -0.05) is 13.0 Å². The van der Waals surface area contributed by atoms with Crippen LogP contribution in [0.5, 0.6) is 5.75 Å². The lowest BCUT2D eigenvalue weighted by atomic mass is 10.2. The summed E-state index contributed by atoms with van der Waals surface area (Å²) in [5.74, 6) is 1.96. The second kappa shape index (κ2) is 6.17. The summed E-state index contributed by atoms with van der Waals surface area (Å²) in [5.41, 5.74) is 1.92. The summed E-state index contributed by atoms with van der Waals surface area (Å²) in [6.45, 7) is 2.47. The van der Waals surface area contributed by atoms with E-state index in [0.29, 0.717) is 18.4 Å². The summed E-state index contributed by atoms with van der Waals surface area (Å²) in [4.78, 5) is 4.05. The predicted molar refractivity (Wildman–Crippen MR) is 77.7 cm³/mol. The molecule has 0 unspecified atom stereocenters. The smallest absolute Gasteiger partial charge is 0.247 e. The van der Waals surface area contributed by atoms with Gasteiger partial charge in [-0.2, -0.15) is 0 Å². The SMILES string of the molecule is CCc1nnc(-c2ccc(OCc3cccnc3)cc2)o1. The number of pyridine rings is 1. The van der Waals surface area contributed by atoms with Crippen molar-refractivity contribution in [2.45, 2.75) is 20.0 Å². The van der Waals surface area contributed by atoms with Crippen LogP contribution in [0.25, 0.3) is 11.5 Å². The summed E-state index contributed by atoms with van der Waals surface area (Å²) in [6, 6.07) is 11.5. The number of hydrogen-bond donors (Lipinski definition) is 0. The zero-order chi connectivity index (χ0) is 14.5. The molecule has 3 aromatic rings. The quantitative estimate of drug-likeness (QED) is 0.718. The number of rotatable bonds is 5. The van der Waals surface area contributed by atoms with E-state index < -0.39 is 0 Å². The molecule has 21 heavy (non-hydrogen) atoms. The van der Waals surface area contributed by atoms with Crippen LogP contribution in [0.4, 0.5) is 0 Å². The normalized spacial score (nSPS) is 10.5. The van der Waals surface area contributed by atoms with Crippen LogP contribution in [-0.2, 0) is 13.0 Å². The topological polar surface area (TPSA) is 61.0 Å². The van der Waals surface area contributed by atoms with Crippen LogP contribution in [-0.4, -0.2) is 15.2 Å². The second-order valence-electron chi connectivity index (χ2n) is 4.53. The third kappa shape index (κ3) is 3.25. The summed E-state index contributed by atoms with van der Waals surface area (Å²) in [6.07, 6.45) is 4.27. The van der Waals surface area contributed by atoms with E-state index >= 15 is 0 Å². The third-order valence-corrected chi connectivity index (χ3v) is 3.00. The molecule has 0 N–H and O–H groups in total. The van der Waals surface area contributed by atoms with Crippen LogP contribution in [0.1, 0.15) is 18.4 Å². The molecule has 0 aliphatic heterocycles. The average molecular weight is 281 g/mol. The highest BCUT2D eigenvalue weighted by Crippen LogP contribution is 2.22. The first-order valence-electron chi connectivity index (χ1n) is 6.79. The van der Waals surface area contributed by atoms with Gasteiger partial charge in [-0.3, -0.25) is 4.98 Å². The van der Waals surface area contributed by atoms with E-state index in [2.05, 4.69) is 15.2 Å². The Morgan fingerprint density at radius 1 is 1.10 bits per heavy atom. The van der Waals surface area contributed by atoms with Crippen molar-refractivity contribution < 1.29 is 9.15 Å². The highest BCUT2D eigenvalue weighted by Gasteiger charge is 2.07. The molecule has 0 radical (unpaired) electrons. The minimum Gasteiger partial charge on any atom is -0.489 e.